The molecule has 1 aliphatic rings. The molecule has 1 aliphatic carbocycles. The van der Waals surface area contributed by atoms with Crippen molar-refractivity contribution in [2.75, 3.05) is 0 Å². The number of Topliss-reactive ketones (excluding diaryl/α,β-unsaturated/α-hetero) is 1. The lowest BCUT2D eigenvalue weighted by atomic mass is 9.96. The predicted molar refractivity (Wildman–Crippen MR) is 102 cm³/mol. The summed E-state index contributed by atoms with van der Waals surface area (Å²) < 4.78 is 32.6. The maximum Gasteiger partial charge on any atom is 0.308 e. The van der Waals surface area contributed by atoms with Gasteiger partial charge in [0.2, 0.25) is 0 Å². The Balaban J connectivity index is 1.92. The molecule has 0 aromatic heterocycles. The zero-order valence-corrected chi connectivity index (χ0v) is 14.8. The fraction of sp³-hybridized carbons (Fsp3) is 0.0435. The van der Waals surface area contributed by atoms with Gasteiger partial charge in [-0.25, -0.2) is 8.78 Å². The molecule has 0 saturated heterocycles. The van der Waals surface area contributed by atoms with Crippen molar-refractivity contribution in [3.63, 3.8) is 0 Å². The average molecular weight is 376 g/mol. The number of carbonyl (C=O) groups is 2. The highest BCUT2D eigenvalue weighted by atomic mass is 19.1. The number of allylic oxidation sites excluding steroid dienone is 1. The summed E-state index contributed by atoms with van der Waals surface area (Å²) in [5, 5.41) is 0. The molecule has 3 aromatic rings. The zero-order chi connectivity index (χ0) is 19.8. The third-order valence-electron chi connectivity index (χ3n) is 4.46. The molecule has 0 aliphatic heterocycles. The van der Waals surface area contributed by atoms with Crippen LogP contribution in [0.5, 0.6) is 5.75 Å². The number of fused-ring (bicyclic) bond motifs is 1. The molecule has 0 radical (unpaired) electrons. The molecule has 0 bridgehead atoms. The van der Waals surface area contributed by atoms with E-state index in [0.29, 0.717) is 33.4 Å². The topological polar surface area (TPSA) is 43.4 Å². The highest BCUT2D eigenvalue weighted by Gasteiger charge is 2.28. The van der Waals surface area contributed by atoms with Gasteiger partial charge in [-0.05, 0) is 64.7 Å². The Morgan fingerprint density at radius 1 is 0.857 bits per heavy atom. The van der Waals surface area contributed by atoms with Crippen LogP contribution in [0.25, 0.3) is 22.8 Å². The van der Waals surface area contributed by atoms with Gasteiger partial charge in [-0.2, -0.15) is 0 Å². The van der Waals surface area contributed by atoms with Gasteiger partial charge in [0.05, 0.1) is 0 Å². The highest BCUT2D eigenvalue weighted by molar-refractivity contribution is 6.38. The van der Waals surface area contributed by atoms with Gasteiger partial charge in [0.15, 0.2) is 5.78 Å². The first-order valence-electron chi connectivity index (χ1n) is 8.57. The van der Waals surface area contributed by atoms with Crippen molar-refractivity contribution in [2.24, 2.45) is 0 Å². The van der Waals surface area contributed by atoms with Crippen LogP contribution < -0.4 is 4.74 Å². The van der Waals surface area contributed by atoms with Crippen molar-refractivity contribution < 1.29 is 23.1 Å². The summed E-state index contributed by atoms with van der Waals surface area (Å²) in [4.78, 5) is 24.4. The van der Waals surface area contributed by atoms with E-state index in [1.165, 1.54) is 43.3 Å². The molecule has 0 amide bonds. The average Bonchev–Trinajstić information content (AvgIpc) is 2.97. The first-order chi connectivity index (χ1) is 13.4. The lowest BCUT2D eigenvalue weighted by molar-refractivity contribution is -0.131. The van der Waals surface area contributed by atoms with Gasteiger partial charge in [-0.15, -0.1) is 0 Å². The maximum absolute atomic E-state index is 13.8. The second-order valence-corrected chi connectivity index (χ2v) is 6.43. The third kappa shape index (κ3) is 3.22. The highest BCUT2D eigenvalue weighted by Crippen LogP contribution is 2.40. The van der Waals surface area contributed by atoms with E-state index in [0.717, 1.165) is 0 Å². The number of ketones is 1. The van der Waals surface area contributed by atoms with Crippen LogP contribution >= 0.6 is 0 Å². The van der Waals surface area contributed by atoms with Crippen molar-refractivity contribution >= 4 is 23.4 Å². The molecule has 0 heterocycles. The van der Waals surface area contributed by atoms with Gasteiger partial charge >= 0.3 is 5.97 Å². The van der Waals surface area contributed by atoms with Crippen LogP contribution in [-0.4, -0.2) is 11.8 Å². The summed E-state index contributed by atoms with van der Waals surface area (Å²) >= 11 is 0. The Morgan fingerprint density at radius 2 is 1.46 bits per heavy atom. The normalized spacial score (nSPS) is 12.5. The van der Waals surface area contributed by atoms with Crippen LogP contribution in [-0.2, 0) is 4.79 Å². The number of esters is 1. The lowest BCUT2D eigenvalue weighted by Gasteiger charge is -2.11. The number of carbonyl (C=O) groups excluding carboxylic acids is 2. The molecule has 0 saturated carbocycles. The number of benzene rings is 3. The monoisotopic (exact) mass is 376 g/mol. The van der Waals surface area contributed by atoms with Crippen LogP contribution in [0.15, 0.2) is 60.7 Å². The quantitative estimate of drug-likeness (QED) is 0.461. The number of ether oxygens (including phenoxy) is 1. The minimum atomic E-state index is -0.533. The Morgan fingerprint density at radius 3 is 2.11 bits per heavy atom. The summed E-state index contributed by atoms with van der Waals surface area (Å²) in [7, 11) is 0. The molecule has 5 heteroatoms. The molecule has 3 aromatic carbocycles. The number of hydrogen-bond acceptors (Lipinski definition) is 3. The van der Waals surface area contributed by atoms with E-state index in [-0.39, 0.29) is 11.5 Å². The molecule has 0 fully saturated rings. The summed E-state index contributed by atoms with van der Waals surface area (Å²) in [6.45, 7) is 1.26. The Labute approximate surface area is 159 Å². The number of rotatable bonds is 3. The van der Waals surface area contributed by atoms with Crippen molar-refractivity contribution in [1.82, 2.24) is 0 Å². The SMILES string of the molecule is CC(=O)Oc1cc2c(c(-c3cccc(F)c3)c1)C=C(c1cccc(F)c1)C2=O. The molecule has 4 rings (SSSR count). The smallest absolute Gasteiger partial charge is 0.308 e. The molecule has 0 N–H and O–H groups in total. The molecule has 28 heavy (non-hydrogen) atoms. The van der Waals surface area contributed by atoms with Crippen molar-refractivity contribution in [1.29, 1.82) is 0 Å². The molecule has 3 nitrogen and oxygen atoms in total. The summed E-state index contributed by atoms with van der Waals surface area (Å²) in [5.74, 6) is -1.54. The maximum atomic E-state index is 13.8. The van der Waals surface area contributed by atoms with E-state index in [4.69, 9.17) is 4.74 Å². The largest absolute Gasteiger partial charge is 0.427 e. The molecular weight excluding hydrogens is 362 g/mol. The van der Waals surface area contributed by atoms with E-state index in [9.17, 15) is 18.4 Å². The third-order valence-corrected chi connectivity index (χ3v) is 4.46. The van der Waals surface area contributed by atoms with Gasteiger partial charge in [-0.1, -0.05) is 24.3 Å². The summed E-state index contributed by atoms with van der Waals surface area (Å²) in [6, 6.07) is 14.7. The van der Waals surface area contributed by atoms with Crippen molar-refractivity contribution in [3.8, 4) is 16.9 Å². The van der Waals surface area contributed by atoms with Crippen LogP contribution in [0.4, 0.5) is 8.78 Å². The first kappa shape index (κ1) is 17.8. The van der Waals surface area contributed by atoms with E-state index in [1.807, 2.05) is 0 Å². The minimum Gasteiger partial charge on any atom is -0.427 e. The first-order valence-corrected chi connectivity index (χ1v) is 8.57. The lowest BCUT2D eigenvalue weighted by Crippen LogP contribution is -2.04. The van der Waals surface area contributed by atoms with Crippen LogP contribution in [0, 0.1) is 11.6 Å². The Bertz CT molecular complexity index is 1160. The van der Waals surface area contributed by atoms with Gasteiger partial charge in [-0.3, -0.25) is 9.59 Å². The van der Waals surface area contributed by atoms with E-state index >= 15 is 0 Å². The second kappa shape index (κ2) is 6.85. The minimum absolute atomic E-state index is 0.188. The fourth-order valence-electron chi connectivity index (χ4n) is 3.32. The van der Waals surface area contributed by atoms with E-state index in [1.54, 1.807) is 30.3 Å². The zero-order valence-electron chi connectivity index (χ0n) is 14.8. The van der Waals surface area contributed by atoms with E-state index in [2.05, 4.69) is 0 Å². The second-order valence-electron chi connectivity index (χ2n) is 6.43. The summed E-state index contributed by atoms with van der Waals surface area (Å²) in [5.41, 5.74) is 2.75. The summed E-state index contributed by atoms with van der Waals surface area (Å²) in [6.07, 6.45) is 1.66. The van der Waals surface area contributed by atoms with Gasteiger partial charge in [0.1, 0.15) is 17.4 Å². The number of hydrogen-bond donors (Lipinski definition) is 0. The molecule has 0 unspecified atom stereocenters. The Hall–Kier alpha value is -3.60. The fourth-order valence-corrected chi connectivity index (χ4v) is 3.32. The molecular formula is C23H14F2O3. The van der Waals surface area contributed by atoms with E-state index < -0.39 is 17.6 Å². The molecule has 138 valence electrons. The van der Waals surface area contributed by atoms with Crippen molar-refractivity contribution in [2.45, 2.75) is 6.92 Å². The predicted octanol–water partition coefficient (Wildman–Crippen LogP) is 5.29. The Kier molecular flexibility index (Phi) is 4.35. The standard InChI is InChI=1S/C23H14F2O3/c1-13(26)28-18-10-19(14-4-2-6-16(24)8-14)21-12-20(23(27)22(21)11-18)15-5-3-7-17(25)9-15/h2-12H,1H3. The van der Waals surface area contributed by atoms with Gasteiger partial charge in [0.25, 0.3) is 0 Å². The van der Waals surface area contributed by atoms with Gasteiger partial charge < -0.3 is 4.74 Å². The van der Waals surface area contributed by atoms with Crippen LogP contribution in [0.3, 0.4) is 0 Å². The molecule has 0 spiro atoms. The van der Waals surface area contributed by atoms with Gasteiger partial charge in [0, 0.05) is 18.1 Å². The number of halogens is 2. The van der Waals surface area contributed by atoms with Crippen LogP contribution in [0.1, 0.15) is 28.4 Å². The van der Waals surface area contributed by atoms with Crippen molar-refractivity contribution in [3.05, 3.63) is 89.0 Å². The molecule has 0 atom stereocenters. The van der Waals surface area contributed by atoms with Crippen LogP contribution in [0.2, 0.25) is 0 Å².